The Bertz CT molecular complexity index is 1030. The lowest BCUT2D eigenvalue weighted by Crippen LogP contribution is -2.50. The van der Waals surface area contributed by atoms with Crippen LogP contribution in [0.5, 0.6) is 0 Å². The first-order chi connectivity index (χ1) is 13.7. The summed E-state index contributed by atoms with van der Waals surface area (Å²) >= 11 is 6.08. The molecule has 1 aliphatic rings. The van der Waals surface area contributed by atoms with Gasteiger partial charge in [0.1, 0.15) is 4.90 Å². The van der Waals surface area contributed by atoms with Crippen molar-refractivity contribution in [3.05, 3.63) is 64.4 Å². The van der Waals surface area contributed by atoms with Crippen LogP contribution in [0, 0.1) is 17.5 Å². The molecule has 0 radical (unpaired) electrons. The molecule has 0 spiro atoms. The van der Waals surface area contributed by atoms with Crippen LogP contribution in [0.3, 0.4) is 0 Å². The molecule has 2 aromatic carbocycles. The highest BCUT2D eigenvalue weighted by atomic mass is 35.5. The quantitative estimate of drug-likeness (QED) is 0.663. The molecule has 29 heavy (non-hydrogen) atoms. The first-order valence-electron chi connectivity index (χ1n) is 8.86. The smallest absolute Gasteiger partial charge is 0.246 e. The molecule has 10 heteroatoms. The molecule has 0 atom stereocenters. The Kier molecular flexibility index (Phi) is 6.50. The molecule has 156 valence electrons. The topological polar surface area (TPSA) is 57.7 Å². The molecule has 0 saturated carbocycles. The van der Waals surface area contributed by atoms with Crippen molar-refractivity contribution < 1.29 is 26.4 Å². The second kappa shape index (κ2) is 8.73. The van der Waals surface area contributed by atoms with E-state index < -0.39 is 32.4 Å². The van der Waals surface area contributed by atoms with Gasteiger partial charge in [0.15, 0.2) is 17.5 Å². The summed E-state index contributed by atoms with van der Waals surface area (Å²) in [6, 6.07) is 8.46. The average molecular weight is 447 g/mol. The summed E-state index contributed by atoms with van der Waals surface area (Å²) in [6.45, 7) is 0.0922. The SMILES string of the molecule is O=C(CCc1ccccc1Cl)N1CCN(S(=O)(=O)c2ccc(F)c(F)c2F)CC1. The van der Waals surface area contributed by atoms with E-state index in [9.17, 15) is 26.4 Å². The van der Waals surface area contributed by atoms with Gasteiger partial charge in [-0.25, -0.2) is 21.6 Å². The number of sulfonamides is 1. The molecule has 0 N–H and O–H groups in total. The maximum absolute atomic E-state index is 13.9. The third-order valence-corrected chi connectivity index (χ3v) is 7.06. The zero-order valence-corrected chi connectivity index (χ0v) is 16.8. The molecule has 1 amide bonds. The number of carbonyl (C=O) groups is 1. The minimum atomic E-state index is -4.35. The fourth-order valence-corrected chi connectivity index (χ4v) is 4.83. The molecule has 3 rings (SSSR count). The van der Waals surface area contributed by atoms with Gasteiger partial charge >= 0.3 is 0 Å². The first kappa shape index (κ1) is 21.6. The van der Waals surface area contributed by atoms with Gasteiger partial charge in [0.05, 0.1) is 0 Å². The fraction of sp³-hybridized carbons (Fsp3) is 0.316. The van der Waals surface area contributed by atoms with Crippen molar-refractivity contribution in [2.45, 2.75) is 17.7 Å². The fourth-order valence-electron chi connectivity index (χ4n) is 3.13. The highest BCUT2D eigenvalue weighted by Gasteiger charge is 2.33. The van der Waals surface area contributed by atoms with Crippen LogP contribution in [0.4, 0.5) is 13.2 Å². The Balaban J connectivity index is 1.62. The Morgan fingerprint density at radius 3 is 2.28 bits per heavy atom. The second-order valence-corrected chi connectivity index (χ2v) is 8.86. The van der Waals surface area contributed by atoms with Crippen molar-refractivity contribution in [2.24, 2.45) is 0 Å². The summed E-state index contributed by atoms with van der Waals surface area (Å²) in [5.74, 6) is -5.20. The number of amides is 1. The normalized spacial score (nSPS) is 15.5. The van der Waals surface area contributed by atoms with E-state index in [2.05, 4.69) is 0 Å². The van der Waals surface area contributed by atoms with E-state index in [1.807, 2.05) is 12.1 Å². The Hall–Kier alpha value is -2.10. The van der Waals surface area contributed by atoms with Gasteiger partial charge < -0.3 is 4.90 Å². The van der Waals surface area contributed by atoms with Gasteiger partial charge in [-0.15, -0.1) is 0 Å². The number of hydrogen-bond acceptors (Lipinski definition) is 3. The van der Waals surface area contributed by atoms with Gasteiger partial charge in [0.2, 0.25) is 15.9 Å². The highest BCUT2D eigenvalue weighted by molar-refractivity contribution is 7.89. The summed E-state index contributed by atoms with van der Waals surface area (Å²) in [4.78, 5) is 13.0. The van der Waals surface area contributed by atoms with Crippen molar-refractivity contribution in [1.29, 1.82) is 0 Å². The number of nitrogens with zero attached hydrogens (tertiary/aromatic N) is 2. The van der Waals surface area contributed by atoms with Crippen LogP contribution in [0.25, 0.3) is 0 Å². The van der Waals surface area contributed by atoms with Crippen molar-refractivity contribution in [1.82, 2.24) is 9.21 Å². The van der Waals surface area contributed by atoms with Crippen LogP contribution in [-0.4, -0.2) is 49.7 Å². The standard InChI is InChI=1S/C19H18ClF3N2O3S/c20-14-4-2-1-3-13(14)5-8-17(26)24-9-11-25(12-10-24)29(27,28)16-7-6-15(21)18(22)19(16)23/h1-4,6-7H,5,8-12H2. The summed E-state index contributed by atoms with van der Waals surface area (Å²) in [7, 11) is -4.35. The van der Waals surface area contributed by atoms with Gasteiger partial charge in [-0.1, -0.05) is 29.8 Å². The van der Waals surface area contributed by atoms with Gasteiger partial charge in [-0.3, -0.25) is 4.79 Å². The minimum absolute atomic E-state index is 0.0708. The average Bonchev–Trinajstić information content (AvgIpc) is 2.71. The Morgan fingerprint density at radius 2 is 1.62 bits per heavy atom. The number of benzene rings is 2. The summed E-state index contributed by atoms with van der Waals surface area (Å²) in [5.41, 5.74) is 0.845. The first-order valence-corrected chi connectivity index (χ1v) is 10.7. The van der Waals surface area contributed by atoms with E-state index in [0.29, 0.717) is 23.6 Å². The maximum Gasteiger partial charge on any atom is 0.246 e. The Morgan fingerprint density at radius 1 is 0.966 bits per heavy atom. The molecule has 0 aliphatic carbocycles. The van der Waals surface area contributed by atoms with Crippen molar-refractivity contribution >= 4 is 27.5 Å². The monoisotopic (exact) mass is 446 g/mol. The van der Waals surface area contributed by atoms with E-state index in [1.165, 1.54) is 4.90 Å². The number of piperazine rings is 1. The van der Waals surface area contributed by atoms with Crippen LogP contribution >= 0.6 is 11.6 Å². The minimum Gasteiger partial charge on any atom is -0.340 e. The van der Waals surface area contributed by atoms with Crippen molar-refractivity contribution in [3.63, 3.8) is 0 Å². The van der Waals surface area contributed by atoms with Crippen LogP contribution in [0.1, 0.15) is 12.0 Å². The molecule has 0 unspecified atom stereocenters. The molecule has 1 saturated heterocycles. The molecular formula is C19H18ClF3N2O3S. The highest BCUT2D eigenvalue weighted by Crippen LogP contribution is 2.24. The molecule has 0 bridgehead atoms. The number of aryl methyl sites for hydroxylation is 1. The van der Waals surface area contributed by atoms with E-state index in [0.717, 1.165) is 9.87 Å². The Labute approximate surface area is 171 Å². The summed E-state index contributed by atoms with van der Waals surface area (Å²) in [5, 5.41) is 0.574. The third kappa shape index (κ3) is 4.57. The maximum atomic E-state index is 13.9. The van der Waals surface area contributed by atoms with Crippen LogP contribution in [-0.2, 0) is 21.2 Å². The number of halogens is 4. The zero-order valence-electron chi connectivity index (χ0n) is 15.2. The summed E-state index contributed by atoms with van der Waals surface area (Å²) in [6.07, 6.45) is 0.672. The molecule has 1 aliphatic heterocycles. The predicted molar refractivity (Wildman–Crippen MR) is 101 cm³/mol. The number of rotatable bonds is 5. The number of carbonyl (C=O) groups excluding carboxylic acids is 1. The van der Waals surface area contributed by atoms with Crippen LogP contribution in [0.15, 0.2) is 41.3 Å². The van der Waals surface area contributed by atoms with E-state index >= 15 is 0 Å². The van der Waals surface area contributed by atoms with Crippen LogP contribution in [0.2, 0.25) is 5.02 Å². The predicted octanol–water partition coefficient (Wildman–Crippen LogP) is 3.22. The zero-order chi connectivity index (χ0) is 21.2. The van der Waals surface area contributed by atoms with Gasteiger partial charge in [-0.2, -0.15) is 4.31 Å². The van der Waals surface area contributed by atoms with Crippen LogP contribution < -0.4 is 0 Å². The molecule has 2 aromatic rings. The van der Waals surface area contributed by atoms with Crippen molar-refractivity contribution in [3.8, 4) is 0 Å². The molecule has 5 nitrogen and oxygen atoms in total. The second-order valence-electron chi connectivity index (χ2n) is 6.55. The molecular weight excluding hydrogens is 429 g/mol. The third-order valence-electron chi connectivity index (χ3n) is 4.77. The molecule has 1 fully saturated rings. The largest absolute Gasteiger partial charge is 0.340 e. The van der Waals surface area contributed by atoms with E-state index in [4.69, 9.17) is 11.6 Å². The van der Waals surface area contributed by atoms with Gasteiger partial charge in [-0.05, 0) is 30.2 Å². The lowest BCUT2D eigenvalue weighted by Gasteiger charge is -2.34. The lowest BCUT2D eigenvalue weighted by molar-refractivity contribution is -0.132. The summed E-state index contributed by atoms with van der Waals surface area (Å²) < 4.78 is 66.5. The van der Waals surface area contributed by atoms with E-state index in [1.54, 1.807) is 12.1 Å². The molecule has 1 heterocycles. The number of hydrogen-bond donors (Lipinski definition) is 0. The van der Waals surface area contributed by atoms with Crippen molar-refractivity contribution in [2.75, 3.05) is 26.2 Å². The van der Waals surface area contributed by atoms with E-state index in [-0.39, 0.29) is 38.5 Å². The van der Waals surface area contributed by atoms with Gasteiger partial charge in [0, 0.05) is 37.6 Å². The molecule has 0 aromatic heterocycles. The lowest BCUT2D eigenvalue weighted by atomic mass is 10.1. The van der Waals surface area contributed by atoms with Gasteiger partial charge in [0.25, 0.3) is 0 Å².